The Morgan fingerprint density at radius 2 is 2.04 bits per heavy atom. The van der Waals surface area contributed by atoms with E-state index in [1.165, 1.54) is 8.61 Å². The smallest absolute Gasteiger partial charge is 0.281 e. The first-order chi connectivity index (χ1) is 11.3. The average Bonchev–Trinajstić information content (AvgIpc) is 3.15. The van der Waals surface area contributed by atoms with Crippen molar-refractivity contribution in [1.29, 1.82) is 0 Å². The van der Waals surface area contributed by atoms with Crippen LogP contribution in [-0.4, -0.2) is 64.1 Å². The predicted octanol–water partition coefficient (Wildman–Crippen LogP) is 1.08. The van der Waals surface area contributed by atoms with Crippen molar-refractivity contribution < 1.29 is 8.42 Å². The summed E-state index contributed by atoms with van der Waals surface area (Å²) in [6.45, 7) is 4.73. The second kappa shape index (κ2) is 6.23. The molecule has 24 heavy (non-hydrogen) atoms. The fraction of sp³-hybridized carbons (Fsp3) is 0.533. The van der Waals surface area contributed by atoms with Gasteiger partial charge in [0.25, 0.3) is 10.2 Å². The summed E-state index contributed by atoms with van der Waals surface area (Å²) in [5, 5.41) is 0. The van der Waals surface area contributed by atoms with Crippen molar-refractivity contribution in [2.75, 3.05) is 27.2 Å². The molecule has 3 heterocycles. The number of imidazole rings is 1. The molecule has 1 saturated heterocycles. The third-order valence-corrected chi connectivity index (χ3v) is 6.03. The number of aromatic nitrogens is 4. The Bertz CT molecular complexity index is 845. The molecule has 0 unspecified atom stereocenters. The number of nitrogens with one attached hydrogen (secondary N) is 1. The predicted molar refractivity (Wildman–Crippen MR) is 90.6 cm³/mol. The van der Waals surface area contributed by atoms with Gasteiger partial charge in [0, 0.05) is 50.7 Å². The first kappa shape index (κ1) is 17.0. The lowest BCUT2D eigenvalue weighted by Crippen LogP contribution is -2.38. The summed E-state index contributed by atoms with van der Waals surface area (Å²) in [5.41, 5.74) is 2.55. The van der Waals surface area contributed by atoms with Gasteiger partial charge in [-0.25, -0.2) is 15.0 Å². The van der Waals surface area contributed by atoms with Gasteiger partial charge in [-0.2, -0.15) is 17.0 Å². The molecule has 0 bridgehead atoms. The number of hydrogen-bond acceptors (Lipinski definition) is 5. The lowest BCUT2D eigenvalue weighted by molar-refractivity contribution is 0.418. The summed E-state index contributed by atoms with van der Waals surface area (Å²) in [6, 6.07) is 1.88. The summed E-state index contributed by atoms with van der Waals surface area (Å²) in [4.78, 5) is 16.6. The molecule has 9 heteroatoms. The Morgan fingerprint density at radius 3 is 2.67 bits per heavy atom. The Kier molecular flexibility index (Phi) is 4.41. The molecule has 130 valence electrons. The van der Waals surface area contributed by atoms with Crippen LogP contribution in [0.2, 0.25) is 0 Å². The van der Waals surface area contributed by atoms with Crippen LogP contribution in [0.15, 0.2) is 12.3 Å². The first-order valence-corrected chi connectivity index (χ1v) is 9.22. The van der Waals surface area contributed by atoms with Crippen molar-refractivity contribution >= 4 is 10.2 Å². The molecule has 0 spiro atoms. The maximum atomic E-state index is 12.3. The van der Waals surface area contributed by atoms with Crippen LogP contribution in [0, 0.1) is 13.8 Å². The van der Waals surface area contributed by atoms with E-state index in [2.05, 4.69) is 19.9 Å². The summed E-state index contributed by atoms with van der Waals surface area (Å²) >= 11 is 0. The molecule has 0 aliphatic carbocycles. The van der Waals surface area contributed by atoms with E-state index in [9.17, 15) is 8.42 Å². The molecule has 3 rings (SSSR count). The van der Waals surface area contributed by atoms with Crippen LogP contribution in [0.25, 0.3) is 11.5 Å². The second-order valence-corrected chi connectivity index (χ2v) is 8.44. The maximum Gasteiger partial charge on any atom is 0.281 e. The molecule has 0 saturated carbocycles. The van der Waals surface area contributed by atoms with E-state index in [0.717, 1.165) is 17.1 Å². The highest BCUT2D eigenvalue weighted by atomic mass is 32.2. The SMILES string of the molecule is Cc1cc(-c2ncc(C)[nH]2)nc([C@H]2CCN(S(=O)(=O)N(C)C)C2)n1. The van der Waals surface area contributed by atoms with Gasteiger partial charge in [0.1, 0.15) is 11.5 Å². The van der Waals surface area contributed by atoms with E-state index >= 15 is 0 Å². The van der Waals surface area contributed by atoms with Crippen LogP contribution < -0.4 is 0 Å². The maximum absolute atomic E-state index is 12.3. The van der Waals surface area contributed by atoms with Crippen molar-refractivity contribution in [3.8, 4) is 11.5 Å². The van der Waals surface area contributed by atoms with E-state index < -0.39 is 10.2 Å². The van der Waals surface area contributed by atoms with E-state index in [1.54, 1.807) is 20.3 Å². The molecule has 1 aliphatic heterocycles. The molecule has 8 nitrogen and oxygen atoms in total. The van der Waals surface area contributed by atoms with Crippen LogP contribution in [0.3, 0.4) is 0 Å². The van der Waals surface area contributed by atoms with Gasteiger partial charge in [-0.1, -0.05) is 0 Å². The number of H-pyrrole nitrogens is 1. The zero-order chi connectivity index (χ0) is 17.5. The molecular weight excluding hydrogens is 328 g/mol. The number of hydrogen-bond donors (Lipinski definition) is 1. The van der Waals surface area contributed by atoms with Crippen LogP contribution in [0.4, 0.5) is 0 Å². The molecule has 0 radical (unpaired) electrons. The van der Waals surface area contributed by atoms with Gasteiger partial charge in [-0.3, -0.25) is 0 Å². The number of rotatable bonds is 4. The Balaban J connectivity index is 1.87. The summed E-state index contributed by atoms with van der Waals surface area (Å²) in [6.07, 6.45) is 2.47. The van der Waals surface area contributed by atoms with Crippen molar-refractivity contribution in [2.45, 2.75) is 26.2 Å². The summed E-state index contributed by atoms with van der Waals surface area (Å²) in [7, 11) is -0.304. The highest BCUT2D eigenvalue weighted by Crippen LogP contribution is 2.28. The number of aromatic amines is 1. The lowest BCUT2D eigenvalue weighted by Gasteiger charge is -2.20. The quantitative estimate of drug-likeness (QED) is 0.890. The minimum absolute atomic E-state index is 0.00515. The highest BCUT2D eigenvalue weighted by Gasteiger charge is 2.34. The molecular formula is C15H22N6O2S. The van der Waals surface area contributed by atoms with Crippen molar-refractivity contribution in [2.24, 2.45) is 0 Å². The van der Waals surface area contributed by atoms with E-state index in [-0.39, 0.29) is 5.92 Å². The van der Waals surface area contributed by atoms with E-state index in [0.29, 0.717) is 31.2 Å². The molecule has 0 aromatic carbocycles. The van der Waals surface area contributed by atoms with Crippen molar-refractivity contribution in [1.82, 2.24) is 28.5 Å². The fourth-order valence-electron chi connectivity index (χ4n) is 2.82. The third-order valence-electron chi connectivity index (χ3n) is 4.12. The molecule has 2 aromatic heterocycles. The third kappa shape index (κ3) is 3.19. The first-order valence-electron chi connectivity index (χ1n) is 7.82. The summed E-state index contributed by atoms with van der Waals surface area (Å²) < 4.78 is 27.3. The molecule has 1 N–H and O–H groups in total. The van der Waals surface area contributed by atoms with Crippen LogP contribution in [0.5, 0.6) is 0 Å². The van der Waals surface area contributed by atoms with Crippen LogP contribution in [0.1, 0.15) is 29.6 Å². The van der Waals surface area contributed by atoms with Crippen molar-refractivity contribution in [3.63, 3.8) is 0 Å². The molecule has 0 amide bonds. The Hall–Kier alpha value is -1.84. The minimum atomic E-state index is -3.39. The Labute approximate surface area is 142 Å². The average molecular weight is 350 g/mol. The summed E-state index contributed by atoms with van der Waals surface area (Å²) in [5.74, 6) is 1.37. The van der Waals surface area contributed by atoms with Gasteiger partial charge >= 0.3 is 0 Å². The number of nitrogens with zero attached hydrogens (tertiary/aromatic N) is 5. The van der Waals surface area contributed by atoms with Crippen LogP contribution >= 0.6 is 0 Å². The Morgan fingerprint density at radius 1 is 1.29 bits per heavy atom. The minimum Gasteiger partial charge on any atom is -0.341 e. The lowest BCUT2D eigenvalue weighted by atomic mass is 10.1. The largest absolute Gasteiger partial charge is 0.341 e. The highest BCUT2D eigenvalue weighted by molar-refractivity contribution is 7.86. The zero-order valence-electron chi connectivity index (χ0n) is 14.3. The molecule has 1 aliphatic rings. The van der Waals surface area contributed by atoms with Crippen LogP contribution in [-0.2, 0) is 10.2 Å². The second-order valence-electron chi connectivity index (χ2n) is 6.30. The van der Waals surface area contributed by atoms with E-state index in [4.69, 9.17) is 0 Å². The molecule has 1 fully saturated rings. The van der Waals surface area contributed by atoms with E-state index in [1.807, 2.05) is 19.9 Å². The van der Waals surface area contributed by atoms with Gasteiger partial charge < -0.3 is 4.98 Å². The number of aryl methyl sites for hydroxylation is 2. The fourth-order valence-corrected chi connectivity index (χ4v) is 3.98. The topological polar surface area (TPSA) is 95.1 Å². The van der Waals surface area contributed by atoms with Gasteiger partial charge in [0.05, 0.1) is 0 Å². The monoisotopic (exact) mass is 350 g/mol. The van der Waals surface area contributed by atoms with Gasteiger partial charge in [0.2, 0.25) is 0 Å². The molecule has 1 atom stereocenters. The standard InChI is InChI=1S/C15H22N6O2S/c1-10-7-13(15-16-8-11(2)18-15)19-14(17-10)12-5-6-21(9-12)24(22,23)20(3)4/h7-8,12H,5-6,9H2,1-4H3,(H,16,18)/t12-/m0/s1. The normalized spacial score (nSPS) is 19.3. The van der Waals surface area contributed by atoms with Gasteiger partial charge in [-0.15, -0.1) is 0 Å². The van der Waals surface area contributed by atoms with Gasteiger partial charge in [-0.05, 0) is 26.3 Å². The zero-order valence-corrected chi connectivity index (χ0v) is 15.1. The van der Waals surface area contributed by atoms with Gasteiger partial charge in [0.15, 0.2) is 5.82 Å². The van der Waals surface area contributed by atoms with Crippen molar-refractivity contribution in [3.05, 3.63) is 29.5 Å². The molecule has 2 aromatic rings.